The molecule has 1 amide bonds. The summed E-state index contributed by atoms with van der Waals surface area (Å²) >= 11 is 6.02. The highest BCUT2D eigenvalue weighted by atomic mass is 35.5. The Labute approximate surface area is 126 Å². The Morgan fingerprint density at radius 3 is 2.85 bits per heavy atom. The number of rotatable bonds is 4. The summed E-state index contributed by atoms with van der Waals surface area (Å²) in [5.41, 5.74) is 0.691. The van der Waals surface area contributed by atoms with E-state index >= 15 is 0 Å². The van der Waals surface area contributed by atoms with Gasteiger partial charge in [0.25, 0.3) is 0 Å². The molecule has 4 heteroatoms. The molecule has 0 bridgehead atoms. The van der Waals surface area contributed by atoms with Gasteiger partial charge in [0.05, 0.1) is 0 Å². The number of likely N-dealkylation sites (N-methyl/N-ethyl adjacent to an activating group) is 1. The van der Waals surface area contributed by atoms with Gasteiger partial charge in [-0.25, -0.2) is 0 Å². The van der Waals surface area contributed by atoms with Gasteiger partial charge in [-0.2, -0.15) is 0 Å². The van der Waals surface area contributed by atoms with E-state index in [0.29, 0.717) is 12.5 Å². The molecule has 1 unspecified atom stereocenters. The Morgan fingerprint density at radius 1 is 1.50 bits per heavy atom. The van der Waals surface area contributed by atoms with Gasteiger partial charge in [0.15, 0.2) is 0 Å². The van der Waals surface area contributed by atoms with Crippen LogP contribution in [0.15, 0.2) is 24.3 Å². The molecule has 0 spiro atoms. The Bertz CT molecular complexity index is 481. The van der Waals surface area contributed by atoms with Crippen molar-refractivity contribution in [3.05, 3.63) is 34.9 Å². The summed E-state index contributed by atoms with van der Waals surface area (Å²) in [6.07, 6.45) is 1.74. The Hall–Kier alpha value is -1.06. The third-order valence-corrected chi connectivity index (χ3v) is 4.25. The lowest BCUT2D eigenvalue weighted by Gasteiger charge is -2.33. The third-order valence-electron chi connectivity index (χ3n) is 4.02. The first-order valence-electron chi connectivity index (χ1n) is 7.12. The van der Waals surface area contributed by atoms with Gasteiger partial charge in [0.1, 0.15) is 0 Å². The van der Waals surface area contributed by atoms with Gasteiger partial charge in [-0.1, -0.05) is 37.6 Å². The van der Waals surface area contributed by atoms with Crippen LogP contribution in [0.3, 0.4) is 0 Å². The average Bonchev–Trinajstić information content (AvgIpc) is 2.90. The summed E-state index contributed by atoms with van der Waals surface area (Å²) in [5, 5.41) is 4.03. The van der Waals surface area contributed by atoms with Crippen LogP contribution in [0.1, 0.15) is 25.8 Å². The Balaban J connectivity index is 2.06. The van der Waals surface area contributed by atoms with Gasteiger partial charge < -0.3 is 10.2 Å². The fourth-order valence-corrected chi connectivity index (χ4v) is 3.06. The van der Waals surface area contributed by atoms with Crippen molar-refractivity contribution >= 4 is 17.5 Å². The maximum atomic E-state index is 12.7. The van der Waals surface area contributed by atoms with Crippen LogP contribution >= 0.6 is 11.6 Å². The smallest absolute Gasteiger partial charge is 0.228 e. The number of carbonyl (C=O) groups excluding carboxylic acids is 1. The first-order chi connectivity index (χ1) is 9.40. The molecule has 0 aromatic heterocycles. The lowest BCUT2D eigenvalue weighted by atomic mass is 9.84. The highest BCUT2D eigenvalue weighted by molar-refractivity contribution is 6.30. The zero-order valence-electron chi connectivity index (χ0n) is 12.4. The average molecular weight is 295 g/mol. The summed E-state index contributed by atoms with van der Waals surface area (Å²) in [5.74, 6) is 0.200. The van der Waals surface area contributed by atoms with Crippen LogP contribution in [0.4, 0.5) is 0 Å². The minimum Gasteiger partial charge on any atom is -0.341 e. The fraction of sp³-hybridized carbons (Fsp3) is 0.562. The van der Waals surface area contributed by atoms with Gasteiger partial charge in [0.2, 0.25) is 5.91 Å². The van der Waals surface area contributed by atoms with Crippen LogP contribution < -0.4 is 5.32 Å². The van der Waals surface area contributed by atoms with E-state index < -0.39 is 5.41 Å². The monoisotopic (exact) mass is 294 g/mol. The number of nitrogens with zero attached hydrogens (tertiary/aromatic N) is 1. The quantitative estimate of drug-likeness (QED) is 0.926. The molecule has 2 rings (SSSR count). The maximum absolute atomic E-state index is 12.7. The van der Waals surface area contributed by atoms with E-state index in [2.05, 4.69) is 5.32 Å². The number of halogens is 1. The summed E-state index contributed by atoms with van der Waals surface area (Å²) in [6, 6.07) is 8.08. The lowest BCUT2D eigenvalue weighted by Crippen LogP contribution is -2.46. The van der Waals surface area contributed by atoms with Crippen molar-refractivity contribution < 1.29 is 4.79 Å². The van der Waals surface area contributed by atoms with E-state index in [4.69, 9.17) is 11.6 Å². The van der Waals surface area contributed by atoms with E-state index in [1.54, 1.807) is 0 Å². The molecule has 1 atom stereocenters. The van der Waals surface area contributed by atoms with Crippen molar-refractivity contribution in [3.8, 4) is 0 Å². The standard InChI is InChI=1S/C16H23ClN2O/c1-16(2,10-12-5-4-6-13(17)9-12)15(20)19(3)14-7-8-18-11-14/h4-6,9,14,18H,7-8,10-11H2,1-3H3. The predicted molar refractivity (Wildman–Crippen MR) is 83.0 cm³/mol. The number of amides is 1. The molecular weight excluding hydrogens is 272 g/mol. The molecule has 110 valence electrons. The van der Waals surface area contributed by atoms with Crippen LogP contribution in [-0.2, 0) is 11.2 Å². The number of nitrogens with one attached hydrogen (secondary N) is 1. The second kappa shape index (κ2) is 6.15. The van der Waals surface area contributed by atoms with Gasteiger partial charge in [0, 0.05) is 30.1 Å². The third kappa shape index (κ3) is 3.53. The molecule has 1 fully saturated rings. The normalized spacial score (nSPS) is 19.1. The van der Waals surface area contributed by atoms with E-state index in [1.165, 1.54) is 0 Å². The summed E-state index contributed by atoms with van der Waals surface area (Å²) in [4.78, 5) is 14.6. The largest absolute Gasteiger partial charge is 0.341 e. The van der Waals surface area contributed by atoms with E-state index in [1.807, 2.05) is 50.1 Å². The van der Waals surface area contributed by atoms with Crippen LogP contribution in [-0.4, -0.2) is 37.0 Å². The number of hydrogen-bond acceptors (Lipinski definition) is 2. The summed E-state index contributed by atoms with van der Waals surface area (Å²) in [6.45, 7) is 5.91. The Kier molecular flexibility index (Phi) is 4.71. The van der Waals surface area contributed by atoms with E-state index in [-0.39, 0.29) is 5.91 Å². The zero-order chi connectivity index (χ0) is 14.8. The molecule has 1 aliphatic rings. The molecule has 0 saturated carbocycles. The highest BCUT2D eigenvalue weighted by Crippen LogP contribution is 2.27. The van der Waals surface area contributed by atoms with Crippen molar-refractivity contribution in [2.24, 2.45) is 5.41 Å². The number of carbonyl (C=O) groups is 1. The van der Waals surface area contributed by atoms with Crippen molar-refractivity contribution in [1.29, 1.82) is 0 Å². The summed E-state index contributed by atoms with van der Waals surface area (Å²) < 4.78 is 0. The highest BCUT2D eigenvalue weighted by Gasteiger charge is 2.34. The van der Waals surface area contributed by atoms with Gasteiger partial charge >= 0.3 is 0 Å². The van der Waals surface area contributed by atoms with Gasteiger partial charge in [-0.3, -0.25) is 4.79 Å². The first-order valence-corrected chi connectivity index (χ1v) is 7.50. The summed E-state index contributed by atoms with van der Waals surface area (Å²) in [7, 11) is 1.92. The first kappa shape index (κ1) is 15.3. The molecule has 1 N–H and O–H groups in total. The van der Waals surface area contributed by atoms with Crippen LogP contribution in [0.5, 0.6) is 0 Å². The lowest BCUT2D eigenvalue weighted by molar-refractivity contribution is -0.140. The minimum absolute atomic E-state index is 0.200. The predicted octanol–water partition coefficient (Wildman–Crippen LogP) is 2.73. The topological polar surface area (TPSA) is 32.3 Å². The molecule has 1 saturated heterocycles. The SMILES string of the molecule is CN(C(=O)C(C)(C)Cc1cccc(Cl)c1)C1CCNC1. The van der Waals surface area contributed by atoms with Gasteiger partial charge in [-0.05, 0) is 37.1 Å². The molecule has 20 heavy (non-hydrogen) atoms. The van der Waals surface area contributed by atoms with Crippen LogP contribution in [0.2, 0.25) is 5.02 Å². The second-order valence-electron chi connectivity index (χ2n) is 6.25. The molecule has 1 aromatic carbocycles. The van der Waals surface area contributed by atoms with E-state index in [0.717, 1.165) is 30.1 Å². The number of hydrogen-bond donors (Lipinski definition) is 1. The van der Waals surface area contributed by atoms with Gasteiger partial charge in [-0.15, -0.1) is 0 Å². The molecule has 3 nitrogen and oxygen atoms in total. The van der Waals surface area contributed by atoms with Crippen molar-refractivity contribution in [3.63, 3.8) is 0 Å². The minimum atomic E-state index is -0.415. The van der Waals surface area contributed by atoms with Crippen LogP contribution in [0, 0.1) is 5.41 Å². The van der Waals surface area contributed by atoms with Crippen molar-refractivity contribution in [1.82, 2.24) is 10.2 Å². The van der Waals surface area contributed by atoms with E-state index in [9.17, 15) is 4.79 Å². The fourth-order valence-electron chi connectivity index (χ4n) is 2.85. The second-order valence-corrected chi connectivity index (χ2v) is 6.69. The molecule has 0 radical (unpaired) electrons. The van der Waals surface area contributed by atoms with Crippen molar-refractivity contribution in [2.45, 2.75) is 32.7 Å². The molecule has 1 heterocycles. The maximum Gasteiger partial charge on any atom is 0.228 e. The van der Waals surface area contributed by atoms with Crippen molar-refractivity contribution in [2.75, 3.05) is 20.1 Å². The number of benzene rings is 1. The molecular formula is C16H23ClN2O. The molecule has 0 aliphatic carbocycles. The Morgan fingerprint density at radius 2 is 2.25 bits per heavy atom. The zero-order valence-corrected chi connectivity index (χ0v) is 13.2. The molecule has 1 aliphatic heterocycles. The molecule has 1 aromatic rings. The van der Waals surface area contributed by atoms with Crippen LogP contribution in [0.25, 0.3) is 0 Å².